The Morgan fingerprint density at radius 1 is 1.56 bits per heavy atom. The van der Waals surface area contributed by atoms with E-state index in [2.05, 4.69) is 16.3 Å². The standard InChI is InChI=1S/C3H3ClF4O/c4-2(6)3(7,8)9-1-5/h2H,1H2. The van der Waals surface area contributed by atoms with Crippen LogP contribution in [0.5, 0.6) is 0 Å². The molecule has 0 amide bonds. The zero-order valence-corrected chi connectivity index (χ0v) is 4.84. The molecule has 0 N–H and O–H groups in total. The molecule has 0 aliphatic rings. The first-order valence-corrected chi connectivity index (χ1v) is 2.30. The molecule has 0 aromatic rings. The summed E-state index contributed by atoms with van der Waals surface area (Å²) in [4.78, 5) is 0. The Morgan fingerprint density at radius 2 is 2.00 bits per heavy atom. The van der Waals surface area contributed by atoms with Crippen LogP contribution in [0.2, 0.25) is 0 Å². The summed E-state index contributed by atoms with van der Waals surface area (Å²) < 4.78 is 48.5. The Bertz CT molecular complexity index is 85.9. The molecule has 0 radical (unpaired) electrons. The Hall–Kier alpha value is -0.0300. The fourth-order valence-electron chi connectivity index (χ4n) is 0.136. The second-order valence-electron chi connectivity index (χ2n) is 1.12. The van der Waals surface area contributed by atoms with Gasteiger partial charge in [0.1, 0.15) is 0 Å². The minimum absolute atomic E-state index is 1.76. The van der Waals surface area contributed by atoms with Crippen molar-refractivity contribution in [3.05, 3.63) is 0 Å². The van der Waals surface area contributed by atoms with Gasteiger partial charge < -0.3 is 0 Å². The highest BCUT2D eigenvalue weighted by Gasteiger charge is 2.40. The van der Waals surface area contributed by atoms with Crippen molar-refractivity contribution in [3.63, 3.8) is 0 Å². The highest BCUT2D eigenvalue weighted by molar-refractivity contribution is 6.20. The maximum absolute atomic E-state index is 11.6. The van der Waals surface area contributed by atoms with Crippen molar-refractivity contribution >= 4 is 11.6 Å². The van der Waals surface area contributed by atoms with Gasteiger partial charge in [-0.15, -0.1) is 0 Å². The third kappa shape index (κ3) is 2.86. The molecule has 1 unspecified atom stereocenters. The van der Waals surface area contributed by atoms with Crippen LogP contribution in [-0.2, 0) is 4.74 Å². The molecule has 9 heavy (non-hydrogen) atoms. The van der Waals surface area contributed by atoms with E-state index in [-0.39, 0.29) is 0 Å². The summed E-state index contributed by atoms with van der Waals surface area (Å²) in [5.41, 5.74) is -3.01. The molecule has 6 heteroatoms. The molecule has 0 spiro atoms. The number of alkyl halides is 5. The van der Waals surface area contributed by atoms with Crippen LogP contribution in [0.4, 0.5) is 17.6 Å². The Kier molecular flexibility index (Phi) is 3.21. The van der Waals surface area contributed by atoms with Crippen molar-refractivity contribution in [1.82, 2.24) is 0 Å². The van der Waals surface area contributed by atoms with E-state index in [0.29, 0.717) is 0 Å². The van der Waals surface area contributed by atoms with E-state index in [1.54, 1.807) is 0 Å². The average molecular weight is 167 g/mol. The van der Waals surface area contributed by atoms with Crippen molar-refractivity contribution in [3.8, 4) is 0 Å². The highest BCUT2D eigenvalue weighted by Crippen LogP contribution is 2.25. The lowest BCUT2D eigenvalue weighted by Gasteiger charge is -2.12. The fourth-order valence-corrected chi connectivity index (χ4v) is 0.199. The molecule has 0 aliphatic carbocycles. The predicted molar refractivity (Wildman–Crippen MR) is 22.8 cm³/mol. The van der Waals surface area contributed by atoms with E-state index >= 15 is 0 Å². The quantitative estimate of drug-likeness (QED) is 0.461. The van der Waals surface area contributed by atoms with Crippen LogP contribution in [0.25, 0.3) is 0 Å². The molecule has 0 bridgehead atoms. The summed E-state index contributed by atoms with van der Waals surface area (Å²) in [6, 6.07) is 0. The monoisotopic (exact) mass is 166 g/mol. The van der Waals surface area contributed by atoms with Gasteiger partial charge in [-0.2, -0.15) is 8.78 Å². The lowest BCUT2D eigenvalue weighted by molar-refractivity contribution is -0.271. The molecule has 0 aromatic carbocycles. The van der Waals surface area contributed by atoms with Gasteiger partial charge in [0.05, 0.1) is 0 Å². The zero-order chi connectivity index (χ0) is 7.49. The minimum atomic E-state index is -4.23. The molecule has 1 atom stereocenters. The Morgan fingerprint density at radius 3 is 2.11 bits per heavy atom. The van der Waals surface area contributed by atoms with Gasteiger partial charge in [0.25, 0.3) is 5.63 Å². The topological polar surface area (TPSA) is 9.23 Å². The molecular formula is C3H3ClF4O. The minimum Gasteiger partial charge on any atom is -0.285 e. The van der Waals surface area contributed by atoms with Gasteiger partial charge in [0.15, 0.2) is 6.86 Å². The summed E-state index contributed by atoms with van der Waals surface area (Å²) in [5, 5.41) is 0. The molecule has 0 saturated carbocycles. The van der Waals surface area contributed by atoms with Gasteiger partial charge in [-0.1, -0.05) is 11.6 Å². The predicted octanol–water partition coefficient (Wildman–Crippen LogP) is 2.06. The summed E-state index contributed by atoms with van der Waals surface area (Å²) in [6.07, 6.45) is -4.23. The number of halogens is 5. The summed E-state index contributed by atoms with van der Waals surface area (Å²) in [6.45, 7) is -1.76. The molecule has 0 heterocycles. The number of rotatable bonds is 3. The number of hydrogen-bond donors (Lipinski definition) is 0. The first kappa shape index (κ1) is 8.97. The molecule has 0 saturated heterocycles. The van der Waals surface area contributed by atoms with Crippen LogP contribution in [0.15, 0.2) is 0 Å². The van der Waals surface area contributed by atoms with E-state index in [9.17, 15) is 17.6 Å². The smallest absolute Gasteiger partial charge is 0.285 e. The van der Waals surface area contributed by atoms with Crippen LogP contribution >= 0.6 is 11.6 Å². The molecule has 0 fully saturated rings. The van der Waals surface area contributed by atoms with E-state index in [1.807, 2.05) is 0 Å². The second-order valence-corrected chi connectivity index (χ2v) is 1.50. The molecule has 0 rings (SSSR count). The van der Waals surface area contributed by atoms with Crippen molar-refractivity contribution in [2.45, 2.75) is 11.7 Å². The van der Waals surface area contributed by atoms with Crippen molar-refractivity contribution < 1.29 is 22.3 Å². The Labute approximate surface area is 53.5 Å². The highest BCUT2D eigenvalue weighted by atomic mass is 35.5. The number of ether oxygens (including phenoxy) is 1. The third-order valence-electron chi connectivity index (χ3n) is 0.501. The summed E-state index contributed by atoms with van der Waals surface area (Å²) in [5.74, 6) is 0. The maximum Gasteiger partial charge on any atom is 0.403 e. The normalized spacial score (nSPS) is 15.7. The number of hydrogen-bond acceptors (Lipinski definition) is 1. The lowest BCUT2D eigenvalue weighted by atomic mass is 10.7. The summed E-state index contributed by atoms with van der Waals surface area (Å²) in [7, 11) is 0. The van der Waals surface area contributed by atoms with Gasteiger partial charge >= 0.3 is 6.11 Å². The van der Waals surface area contributed by atoms with Crippen LogP contribution in [0.3, 0.4) is 0 Å². The molecule has 0 aromatic heterocycles. The van der Waals surface area contributed by atoms with Gasteiger partial charge in [-0.05, 0) is 0 Å². The van der Waals surface area contributed by atoms with Crippen LogP contribution in [-0.4, -0.2) is 18.6 Å². The van der Waals surface area contributed by atoms with Crippen LogP contribution in [0, 0.1) is 0 Å². The molecule has 56 valence electrons. The van der Waals surface area contributed by atoms with E-state index in [1.165, 1.54) is 0 Å². The second kappa shape index (κ2) is 3.22. The Balaban J connectivity index is 3.70. The summed E-state index contributed by atoms with van der Waals surface area (Å²) >= 11 is 4.24. The maximum atomic E-state index is 11.6. The van der Waals surface area contributed by atoms with E-state index in [0.717, 1.165) is 0 Å². The fraction of sp³-hybridized carbons (Fsp3) is 1.00. The third-order valence-corrected chi connectivity index (χ3v) is 0.755. The molecular weight excluding hydrogens is 163 g/mol. The van der Waals surface area contributed by atoms with E-state index in [4.69, 9.17) is 0 Å². The largest absolute Gasteiger partial charge is 0.403 e. The SMILES string of the molecule is FCOC(F)(F)C(F)Cl. The van der Waals surface area contributed by atoms with Crippen molar-refractivity contribution in [2.75, 3.05) is 6.86 Å². The van der Waals surface area contributed by atoms with Gasteiger partial charge in [-0.3, -0.25) is 4.74 Å². The van der Waals surface area contributed by atoms with Crippen molar-refractivity contribution in [2.24, 2.45) is 0 Å². The van der Waals surface area contributed by atoms with Gasteiger partial charge in [0, 0.05) is 0 Å². The van der Waals surface area contributed by atoms with Gasteiger partial charge in [-0.25, -0.2) is 8.78 Å². The lowest BCUT2D eigenvalue weighted by Crippen LogP contribution is -2.28. The first-order valence-electron chi connectivity index (χ1n) is 1.86. The van der Waals surface area contributed by atoms with Crippen LogP contribution in [0.1, 0.15) is 0 Å². The van der Waals surface area contributed by atoms with Crippen molar-refractivity contribution in [1.29, 1.82) is 0 Å². The first-order chi connectivity index (χ1) is 4.00. The average Bonchev–Trinajstić information content (AvgIpc) is 1.65. The molecule has 0 aliphatic heterocycles. The zero-order valence-electron chi connectivity index (χ0n) is 4.08. The van der Waals surface area contributed by atoms with Gasteiger partial charge in [0.2, 0.25) is 0 Å². The van der Waals surface area contributed by atoms with E-state index < -0.39 is 18.6 Å². The van der Waals surface area contributed by atoms with Crippen LogP contribution < -0.4 is 0 Å². The molecule has 1 nitrogen and oxygen atoms in total.